The number of hydrogen-bond acceptors (Lipinski definition) is 4. The van der Waals surface area contributed by atoms with Crippen LogP contribution < -0.4 is 11.1 Å². The predicted octanol–water partition coefficient (Wildman–Crippen LogP) is 2.21. The average Bonchev–Trinajstić information content (AvgIpc) is 2.45. The lowest BCUT2D eigenvalue weighted by Gasteiger charge is -2.07. The van der Waals surface area contributed by atoms with Gasteiger partial charge in [0.05, 0.1) is 17.6 Å². The first-order valence-electron chi connectivity index (χ1n) is 5.99. The van der Waals surface area contributed by atoms with Crippen molar-refractivity contribution in [1.82, 2.24) is 10.3 Å². The molecule has 3 N–H and O–H groups in total. The molecular weight excluding hydrogens is 277 g/mol. The van der Waals surface area contributed by atoms with Crippen LogP contribution in [-0.2, 0) is 11.3 Å². The van der Waals surface area contributed by atoms with E-state index in [1.165, 1.54) is 17.8 Å². The average molecular weight is 291 g/mol. The number of nitrogens with one attached hydrogen (secondary N) is 1. The number of anilines is 1. The number of aromatic nitrogens is 1. The Morgan fingerprint density at radius 2 is 2.15 bits per heavy atom. The number of nitrogen functional groups attached to an aromatic ring is 1. The van der Waals surface area contributed by atoms with Gasteiger partial charge in [0.15, 0.2) is 0 Å². The van der Waals surface area contributed by atoms with Gasteiger partial charge in [-0.1, -0.05) is 18.2 Å². The quantitative estimate of drug-likeness (QED) is 0.829. The maximum absolute atomic E-state index is 13.4. The van der Waals surface area contributed by atoms with Crippen molar-refractivity contribution in [3.05, 3.63) is 54.1 Å². The van der Waals surface area contributed by atoms with Crippen LogP contribution in [0, 0.1) is 5.82 Å². The molecule has 4 nitrogen and oxygen atoms in total. The highest BCUT2D eigenvalue weighted by molar-refractivity contribution is 8.00. The summed E-state index contributed by atoms with van der Waals surface area (Å²) in [5, 5.41) is 2.67. The van der Waals surface area contributed by atoms with E-state index in [4.69, 9.17) is 5.73 Å². The Hall–Kier alpha value is -2.08. The molecule has 0 fully saturated rings. The first-order valence-corrected chi connectivity index (χ1v) is 6.98. The van der Waals surface area contributed by atoms with E-state index < -0.39 is 0 Å². The number of rotatable bonds is 5. The van der Waals surface area contributed by atoms with E-state index in [-0.39, 0.29) is 24.0 Å². The minimum absolute atomic E-state index is 0.172. The van der Waals surface area contributed by atoms with Gasteiger partial charge in [-0.05, 0) is 12.1 Å². The fraction of sp³-hybridized carbons (Fsp3) is 0.143. The van der Waals surface area contributed by atoms with E-state index in [0.717, 1.165) is 4.90 Å². The summed E-state index contributed by atoms with van der Waals surface area (Å²) in [5.74, 6) is -0.267. The monoisotopic (exact) mass is 291 g/mol. The van der Waals surface area contributed by atoms with E-state index in [1.54, 1.807) is 36.7 Å². The molecule has 0 atom stereocenters. The van der Waals surface area contributed by atoms with E-state index in [1.807, 2.05) is 0 Å². The van der Waals surface area contributed by atoms with Crippen LogP contribution in [0.1, 0.15) is 5.56 Å². The van der Waals surface area contributed by atoms with Gasteiger partial charge in [0.2, 0.25) is 5.91 Å². The maximum Gasteiger partial charge on any atom is 0.230 e. The lowest BCUT2D eigenvalue weighted by molar-refractivity contribution is -0.118. The normalized spacial score (nSPS) is 10.2. The third-order valence-corrected chi connectivity index (χ3v) is 3.69. The highest BCUT2D eigenvalue weighted by Gasteiger charge is 2.06. The summed E-state index contributed by atoms with van der Waals surface area (Å²) in [6, 6.07) is 8.11. The van der Waals surface area contributed by atoms with Gasteiger partial charge in [-0.3, -0.25) is 9.78 Å². The molecule has 104 valence electrons. The van der Waals surface area contributed by atoms with Crippen molar-refractivity contribution in [2.45, 2.75) is 11.4 Å². The fourth-order valence-corrected chi connectivity index (χ4v) is 2.32. The van der Waals surface area contributed by atoms with Crippen molar-refractivity contribution in [3.8, 4) is 0 Å². The molecule has 1 amide bonds. The minimum Gasteiger partial charge on any atom is -0.397 e. The Morgan fingerprint density at radius 3 is 2.90 bits per heavy atom. The van der Waals surface area contributed by atoms with Crippen molar-refractivity contribution in [2.75, 3.05) is 11.5 Å². The summed E-state index contributed by atoms with van der Waals surface area (Å²) in [5.41, 5.74) is 6.74. The molecule has 1 aromatic carbocycles. The Balaban J connectivity index is 1.82. The molecule has 2 aromatic rings. The number of amides is 1. The number of carbonyl (C=O) groups excluding carboxylic acids is 1. The molecular formula is C14H14FN3OS. The molecule has 6 heteroatoms. The molecule has 0 saturated heterocycles. The predicted molar refractivity (Wildman–Crippen MR) is 77.6 cm³/mol. The highest BCUT2D eigenvalue weighted by Crippen LogP contribution is 2.22. The summed E-state index contributed by atoms with van der Waals surface area (Å²) in [7, 11) is 0. The number of thioether (sulfide) groups is 1. The first-order chi connectivity index (χ1) is 9.66. The fourth-order valence-electron chi connectivity index (χ4n) is 1.56. The van der Waals surface area contributed by atoms with Gasteiger partial charge >= 0.3 is 0 Å². The summed E-state index contributed by atoms with van der Waals surface area (Å²) in [6.07, 6.45) is 3.16. The van der Waals surface area contributed by atoms with Crippen molar-refractivity contribution >= 4 is 23.4 Å². The lowest BCUT2D eigenvalue weighted by atomic mass is 10.2. The van der Waals surface area contributed by atoms with Gasteiger partial charge < -0.3 is 11.1 Å². The molecule has 0 aliphatic rings. The molecule has 0 bridgehead atoms. The van der Waals surface area contributed by atoms with Crippen molar-refractivity contribution < 1.29 is 9.18 Å². The Bertz CT molecular complexity index is 555. The van der Waals surface area contributed by atoms with Crippen LogP contribution in [-0.4, -0.2) is 16.6 Å². The third-order valence-electron chi connectivity index (χ3n) is 2.60. The van der Waals surface area contributed by atoms with Crippen LogP contribution in [0.15, 0.2) is 47.6 Å². The summed E-state index contributed by atoms with van der Waals surface area (Å²) in [4.78, 5) is 16.4. The number of nitrogens with two attached hydrogens (primary N) is 1. The molecule has 20 heavy (non-hydrogen) atoms. The van der Waals surface area contributed by atoms with Crippen LogP contribution in [0.2, 0.25) is 0 Å². The zero-order chi connectivity index (χ0) is 14.4. The van der Waals surface area contributed by atoms with Crippen LogP contribution in [0.3, 0.4) is 0 Å². The van der Waals surface area contributed by atoms with Gasteiger partial charge in [0, 0.05) is 23.2 Å². The number of pyridine rings is 1. The van der Waals surface area contributed by atoms with E-state index in [2.05, 4.69) is 10.3 Å². The molecule has 1 aromatic heterocycles. The maximum atomic E-state index is 13.4. The van der Waals surface area contributed by atoms with Crippen molar-refractivity contribution in [1.29, 1.82) is 0 Å². The second-order valence-electron chi connectivity index (χ2n) is 4.07. The second-order valence-corrected chi connectivity index (χ2v) is 5.09. The first kappa shape index (κ1) is 14.3. The minimum atomic E-state index is -0.321. The van der Waals surface area contributed by atoms with Crippen LogP contribution in [0.5, 0.6) is 0 Å². The number of carbonyl (C=O) groups is 1. The standard InChI is InChI=1S/C14H14FN3OS/c15-11-4-2-1-3-10(11)7-18-14(19)9-20-13-5-6-17-8-12(13)16/h1-6,8H,7,9,16H2,(H,18,19). The molecule has 0 unspecified atom stereocenters. The zero-order valence-electron chi connectivity index (χ0n) is 10.7. The smallest absolute Gasteiger partial charge is 0.230 e. The number of hydrogen-bond donors (Lipinski definition) is 2. The van der Waals surface area contributed by atoms with E-state index in [9.17, 15) is 9.18 Å². The van der Waals surface area contributed by atoms with E-state index >= 15 is 0 Å². The molecule has 0 radical (unpaired) electrons. The lowest BCUT2D eigenvalue weighted by Crippen LogP contribution is -2.25. The van der Waals surface area contributed by atoms with Gasteiger partial charge in [0.25, 0.3) is 0 Å². The highest BCUT2D eigenvalue weighted by atomic mass is 32.2. The largest absolute Gasteiger partial charge is 0.397 e. The van der Waals surface area contributed by atoms with Gasteiger partial charge in [-0.15, -0.1) is 11.8 Å². The number of halogens is 1. The molecule has 0 spiro atoms. The van der Waals surface area contributed by atoms with Gasteiger partial charge in [-0.25, -0.2) is 4.39 Å². The van der Waals surface area contributed by atoms with Gasteiger partial charge in [-0.2, -0.15) is 0 Å². The second kappa shape index (κ2) is 6.91. The molecule has 0 saturated carbocycles. The van der Waals surface area contributed by atoms with Crippen LogP contribution >= 0.6 is 11.8 Å². The summed E-state index contributed by atoms with van der Waals surface area (Å²) < 4.78 is 13.4. The van der Waals surface area contributed by atoms with Crippen LogP contribution in [0.4, 0.5) is 10.1 Å². The Labute approximate surface area is 120 Å². The molecule has 0 aliphatic carbocycles. The molecule has 0 aliphatic heterocycles. The molecule has 1 heterocycles. The van der Waals surface area contributed by atoms with Gasteiger partial charge in [0.1, 0.15) is 5.82 Å². The number of nitrogens with zero attached hydrogens (tertiary/aromatic N) is 1. The third kappa shape index (κ3) is 3.96. The topological polar surface area (TPSA) is 68.0 Å². The molecule has 2 rings (SSSR count). The van der Waals surface area contributed by atoms with Crippen LogP contribution in [0.25, 0.3) is 0 Å². The Kier molecular flexibility index (Phi) is 4.95. The van der Waals surface area contributed by atoms with Crippen molar-refractivity contribution in [3.63, 3.8) is 0 Å². The SMILES string of the molecule is Nc1cnccc1SCC(=O)NCc1ccccc1F. The number of benzene rings is 1. The summed E-state index contributed by atoms with van der Waals surface area (Å²) in [6.45, 7) is 0.178. The Morgan fingerprint density at radius 1 is 1.35 bits per heavy atom. The van der Waals surface area contributed by atoms with E-state index in [0.29, 0.717) is 11.3 Å². The summed E-state index contributed by atoms with van der Waals surface area (Å²) >= 11 is 1.32. The van der Waals surface area contributed by atoms with Crippen molar-refractivity contribution in [2.24, 2.45) is 0 Å². The zero-order valence-corrected chi connectivity index (χ0v) is 11.5.